The lowest BCUT2D eigenvalue weighted by Gasteiger charge is -2.20. The predicted octanol–water partition coefficient (Wildman–Crippen LogP) is 2.81. The van der Waals surface area contributed by atoms with Crippen molar-refractivity contribution in [2.45, 2.75) is 52.5 Å². The molecule has 1 fully saturated rings. The van der Waals surface area contributed by atoms with Crippen molar-refractivity contribution in [3.8, 4) is 0 Å². The number of aryl methyl sites for hydroxylation is 2. The predicted molar refractivity (Wildman–Crippen MR) is 120 cm³/mol. The number of hydrogen-bond acceptors (Lipinski definition) is 4. The molecule has 2 N–H and O–H groups in total. The number of amides is 1. The molecular formula is C18H32IN5OS. The van der Waals surface area contributed by atoms with Crippen molar-refractivity contribution in [3.05, 3.63) is 16.1 Å². The Balaban J connectivity index is 0.00000338. The van der Waals surface area contributed by atoms with E-state index in [-0.39, 0.29) is 41.8 Å². The lowest BCUT2D eigenvalue weighted by Crippen LogP contribution is -2.45. The number of nitrogens with one attached hydrogen (secondary N) is 2. The first-order chi connectivity index (χ1) is 12.0. The van der Waals surface area contributed by atoms with Crippen molar-refractivity contribution in [1.82, 2.24) is 20.5 Å². The van der Waals surface area contributed by atoms with Crippen molar-refractivity contribution in [2.75, 3.05) is 26.7 Å². The van der Waals surface area contributed by atoms with Gasteiger partial charge in [0.15, 0.2) is 5.96 Å². The Morgan fingerprint density at radius 1 is 1.46 bits per heavy atom. The van der Waals surface area contributed by atoms with E-state index in [2.05, 4.69) is 26.0 Å². The molecule has 26 heavy (non-hydrogen) atoms. The lowest BCUT2D eigenvalue weighted by molar-refractivity contribution is -0.133. The molecule has 148 valence electrons. The first-order valence-corrected chi connectivity index (χ1v) is 10.0. The molecule has 0 aliphatic carbocycles. The molecule has 0 spiro atoms. The topological polar surface area (TPSA) is 69.6 Å². The minimum atomic E-state index is 0. The monoisotopic (exact) mass is 493 g/mol. The Kier molecular flexibility index (Phi) is 10.4. The normalized spacial score (nSPS) is 17.3. The van der Waals surface area contributed by atoms with E-state index in [1.54, 1.807) is 18.4 Å². The van der Waals surface area contributed by atoms with Gasteiger partial charge in [0.2, 0.25) is 5.91 Å². The number of aromatic nitrogens is 1. The van der Waals surface area contributed by atoms with Crippen LogP contribution in [0.2, 0.25) is 0 Å². The van der Waals surface area contributed by atoms with Crippen molar-refractivity contribution in [1.29, 1.82) is 0 Å². The molecule has 0 aromatic carbocycles. The van der Waals surface area contributed by atoms with E-state index in [1.807, 2.05) is 25.7 Å². The lowest BCUT2D eigenvalue weighted by atomic mass is 10.2. The summed E-state index contributed by atoms with van der Waals surface area (Å²) < 4.78 is 0. The molecule has 1 aliphatic heterocycles. The van der Waals surface area contributed by atoms with Gasteiger partial charge in [-0.15, -0.1) is 35.3 Å². The summed E-state index contributed by atoms with van der Waals surface area (Å²) in [6.07, 6.45) is 4.22. The summed E-state index contributed by atoms with van der Waals surface area (Å²) in [7, 11) is 1.79. The van der Waals surface area contributed by atoms with E-state index < -0.39 is 0 Å². The van der Waals surface area contributed by atoms with Crippen LogP contribution in [0.4, 0.5) is 0 Å². The Bertz CT molecular complexity index is 590. The minimum absolute atomic E-state index is 0. The third-order valence-corrected chi connectivity index (χ3v) is 5.36. The number of unbranched alkanes of at least 4 members (excludes halogenated alkanes) is 1. The van der Waals surface area contributed by atoms with Crippen LogP contribution >= 0.6 is 35.3 Å². The summed E-state index contributed by atoms with van der Waals surface area (Å²) in [6, 6.07) is 0.284. The number of likely N-dealkylation sites (tertiary alicyclic amines) is 1. The van der Waals surface area contributed by atoms with E-state index in [9.17, 15) is 4.79 Å². The molecule has 1 unspecified atom stereocenters. The van der Waals surface area contributed by atoms with Crippen LogP contribution in [0, 0.1) is 12.8 Å². The first kappa shape index (κ1) is 23.1. The van der Waals surface area contributed by atoms with E-state index in [1.165, 1.54) is 5.01 Å². The fourth-order valence-electron chi connectivity index (χ4n) is 2.96. The van der Waals surface area contributed by atoms with E-state index in [4.69, 9.17) is 0 Å². The molecule has 2 heterocycles. The molecule has 1 saturated heterocycles. The van der Waals surface area contributed by atoms with E-state index in [0.29, 0.717) is 0 Å². The van der Waals surface area contributed by atoms with Gasteiger partial charge in [-0.1, -0.05) is 13.8 Å². The largest absolute Gasteiger partial charge is 0.356 e. The molecule has 0 bridgehead atoms. The maximum absolute atomic E-state index is 12.1. The Hall–Kier alpha value is -0.900. The average molecular weight is 493 g/mol. The van der Waals surface area contributed by atoms with Crippen molar-refractivity contribution in [2.24, 2.45) is 10.9 Å². The zero-order valence-electron chi connectivity index (χ0n) is 16.2. The van der Waals surface area contributed by atoms with Crippen molar-refractivity contribution < 1.29 is 4.79 Å². The molecule has 0 radical (unpaired) electrons. The highest BCUT2D eigenvalue weighted by molar-refractivity contribution is 14.0. The fourth-order valence-corrected chi connectivity index (χ4v) is 3.78. The molecule has 0 saturated carbocycles. The van der Waals surface area contributed by atoms with Gasteiger partial charge in [0.05, 0.1) is 5.01 Å². The third-order valence-electron chi connectivity index (χ3n) is 4.33. The second kappa shape index (κ2) is 11.7. The summed E-state index contributed by atoms with van der Waals surface area (Å²) in [5.74, 6) is 1.14. The van der Waals surface area contributed by atoms with Crippen LogP contribution in [-0.4, -0.2) is 54.5 Å². The minimum Gasteiger partial charge on any atom is -0.356 e. The van der Waals surface area contributed by atoms with Gasteiger partial charge in [0.25, 0.3) is 0 Å². The smallest absolute Gasteiger partial charge is 0.225 e. The maximum Gasteiger partial charge on any atom is 0.225 e. The number of hydrogen-bond donors (Lipinski definition) is 2. The number of guanidine groups is 1. The van der Waals surface area contributed by atoms with Crippen LogP contribution in [0.5, 0.6) is 0 Å². The van der Waals surface area contributed by atoms with Crippen LogP contribution in [0.1, 0.15) is 43.8 Å². The highest BCUT2D eigenvalue weighted by Crippen LogP contribution is 2.13. The maximum atomic E-state index is 12.1. The van der Waals surface area contributed by atoms with E-state index in [0.717, 1.165) is 57.0 Å². The van der Waals surface area contributed by atoms with Crippen molar-refractivity contribution in [3.63, 3.8) is 0 Å². The van der Waals surface area contributed by atoms with Gasteiger partial charge in [0.1, 0.15) is 0 Å². The average Bonchev–Trinajstić information content (AvgIpc) is 3.21. The summed E-state index contributed by atoms with van der Waals surface area (Å²) in [5, 5.41) is 10.1. The number of nitrogens with zero attached hydrogens (tertiary/aromatic N) is 3. The molecule has 1 aromatic rings. The van der Waals surface area contributed by atoms with Crippen LogP contribution < -0.4 is 10.6 Å². The molecule has 1 aliphatic rings. The Morgan fingerprint density at radius 2 is 2.23 bits per heavy atom. The first-order valence-electron chi connectivity index (χ1n) is 9.16. The fraction of sp³-hybridized carbons (Fsp3) is 0.722. The van der Waals surface area contributed by atoms with Gasteiger partial charge in [0, 0.05) is 49.7 Å². The van der Waals surface area contributed by atoms with Crippen LogP contribution in [-0.2, 0) is 11.2 Å². The van der Waals surface area contributed by atoms with Crippen LogP contribution in [0.3, 0.4) is 0 Å². The molecule has 2 rings (SSSR count). The van der Waals surface area contributed by atoms with Crippen LogP contribution in [0.15, 0.2) is 10.4 Å². The molecular weight excluding hydrogens is 461 g/mol. The third kappa shape index (κ3) is 7.38. The molecule has 6 nitrogen and oxygen atoms in total. The quantitative estimate of drug-likeness (QED) is 0.265. The highest BCUT2D eigenvalue weighted by Gasteiger charge is 2.27. The number of rotatable bonds is 7. The Morgan fingerprint density at radius 3 is 2.85 bits per heavy atom. The zero-order chi connectivity index (χ0) is 18.2. The molecule has 1 aromatic heterocycles. The summed E-state index contributed by atoms with van der Waals surface area (Å²) in [6.45, 7) is 8.44. The SMILES string of the molecule is CN=C(NCCCCc1nc(C)cs1)NC1CCN(C(=O)C(C)C)C1.I. The summed E-state index contributed by atoms with van der Waals surface area (Å²) in [4.78, 5) is 22.8. The van der Waals surface area contributed by atoms with Crippen LogP contribution in [0.25, 0.3) is 0 Å². The zero-order valence-corrected chi connectivity index (χ0v) is 19.4. The second-order valence-corrected chi connectivity index (χ2v) is 7.85. The van der Waals surface area contributed by atoms with Gasteiger partial charge >= 0.3 is 0 Å². The van der Waals surface area contributed by atoms with Gasteiger partial charge in [-0.2, -0.15) is 0 Å². The number of carbonyl (C=O) groups is 1. The highest BCUT2D eigenvalue weighted by atomic mass is 127. The number of thiazole rings is 1. The summed E-state index contributed by atoms with van der Waals surface area (Å²) in [5.41, 5.74) is 1.12. The number of halogens is 1. The number of aliphatic imine (C=N–C) groups is 1. The van der Waals surface area contributed by atoms with Gasteiger partial charge in [-0.05, 0) is 32.6 Å². The molecule has 8 heteroatoms. The number of carbonyl (C=O) groups excluding carboxylic acids is 1. The van der Waals surface area contributed by atoms with Gasteiger partial charge < -0.3 is 15.5 Å². The van der Waals surface area contributed by atoms with E-state index >= 15 is 0 Å². The Labute approximate surface area is 178 Å². The standard InChI is InChI=1S/C18H31N5OS.HI/c1-13(2)17(24)23-10-8-15(11-23)22-18(19-4)20-9-6-5-7-16-21-14(3)12-25-16;/h12-13,15H,5-11H2,1-4H3,(H2,19,20,22);1H. The van der Waals surface area contributed by atoms with Gasteiger partial charge in [-0.25, -0.2) is 4.98 Å². The molecule has 1 amide bonds. The second-order valence-electron chi connectivity index (χ2n) is 6.91. The van der Waals surface area contributed by atoms with Crippen molar-refractivity contribution >= 4 is 47.2 Å². The summed E-state index contributed by atoms with van der Waals surface area (Å²) >= 11 is 1.74. The molecule has 1 atom stereocenters. The van der Waals surface area contributed by atoms with Gasteiger partial charge in [-0.3, -0.25) is 9.79 Å².